The Morgan fingerprint density at radius 2 is 2.11 bits per heavy atom. The first-order valence-corrected chi connectivity index (χ1v) is 7.93. The normalized spacial score (nSPS) is 24.2. The molecule has 1 N–H and O–H groups in total. The minimum atomic E-state index is 0.560. The number of rotatable bonds is 3. The zero-order valence-electron chi connectivity index (χ0n) is 12.1. The fourth-order valence-corrected chi connectivity index (χ4v) is 3.60. The lowest BCUT2D eigenvalue weighted by atomic mass is 10.0. The summed E-state index contributed by atoms with van der Waals surface area (Å²) < 4.78 is 0. The van der Waals surface area contributed by atoms with E-state index in [4.69, 9.17) is 0 Å². The molecular weight excluding hydrogens is 240 g/mol. The molecule has 0 spiro atoms. The molecule has 2 heterocycles. The van der Waals surface area contributed by atoms with Gasteiger partial charge in [-0.05, 0) is 44.9 Å². The molecule has 1 aromatic rings. The van der Waals surface area contributed by atoms with Crippen molar-refractivity contribution in [3.05, 3.63) is 21.9 Å². The first-order chi connectivity index (χ1) is 8.58. The summed E-state index contributed by atoms with van der Waals surface area (Å²) in [5, 5.41) is 3.68. The number of nitrogens with zero attached hydrogens (tertiary/aromatic N) is 1. The third kappa shape index (κ3) is 3.34. The van der Waals surface area contributed by atoms with Crippen molar-refractivity contribution in [3.63, 3.8) is 0 Å². The van der Waals surface area contributed by atoms with Crippen molar-refractivity contribution in [2.24, 2.45) is 5.92 Å². The van der Waals surface area contributed by atoms with Gasteiger partial charge in [-0.25, -0.2) is 0 Å². The minimum Gasteiger partial charge on any atom is -0.312 e. The van der Waals surface area contributed by atoms with Crippen LogP contribution in [0.2, 0.25) is 0 Å². The fourth-order valence-electron chi connectivity index (χ4n) is 2.63. The van der Waals surface area contributed by atoms with Crippen molar-refractivity contribution >= 4 is 11.3 Å². The van der Waals surface area contributed by atoms with E-state index in [9.17, 15) is 0 Å². The molecule has 1 fully saturated rings. The Labute approximate surface area is 115 Å². The molecule has 0 amide bonds. The molecule has 2 nitrogen and oxygen atoms in total. The molecule has 2 unspecified atom stereocenters. The molecule has 0 radical (unpaired) electrons. The molecule has 1 saturated heterocycles. The van der Waals surface area contributed by atoms with Gasteiger partial charge >= 0.3 is 0 Å². The van der Waals surface area contributed by atoms with Crippen LogP contribution in [-0.4, -0.2) is 30.6 Å². The van der Waals surface area contributed by atoms with Crippen LogP contribution < -0.4 is 5.32 Å². The van der Waals surface area contributed by atoms with Gasteiger partial charge in [0.1, 0.15) is 0 Å². The SMILES string of the molecule is Cc1ccc(C(C)N2CCCNC(C(C)C)C2)s1. The van der Waals surface area contributed by atoms with Crippen LogP contribution in [0.25, 0.3) is 0 Å². The first kappa shape index (κ1) is 14.0. The molecule has 102 valence electrons. The topological polar surface area (TPSA) is 15.3 Å². The molecule has 0 saturated carbocycles. The molecule has 18 heavy (non-hydrogen) atoms. The van der Waals surface area contributed by atoms with Gasteiger partial charge in [0, 0.05) is 34.9 Å². The Kier molecular flexibility index (Phi) is 4.82. The summed E-state index contributed by atoms with van der Waals surface area (Å²) in [6.45, 7) is 12.7. The van der Waals surface area contributed by atoms with Gasteiger partial charge in [-0.1, -0.05) is 13.8 Å². The lowest BCUT2D eigenvalue weighted by Crippen LogP contribution is -2.41. The van der Waals surface area contributed by atoms with Crippen LogP contribution in [0.5, 0.6) is 0 Å². The molecule has 2 atom stereocenters. The van der Waals surface area contributed by atoms with Crippen LogP contribution in [0.1, 0.15) is 43.0 Å². The molecule has 1 aromatic heterocycles. The van der Waals surface area contributed by atoms with Crippen molar-refractivity contribution in [1.82, 2.24) is 10.2 Å². The second-order valence-electron chi connectivity index (χ2n) is 5.78. The van der Waals surface area contributed by atoms with Crippen LogP contribution in [0, 0.1) is 12.8 Å². The van der Waals surface area contributed by atoms with Crippen LogP contribution in [0.3, 0.4) is 0 Å². The van der Waals surface area contributed by atoms with Gasteiger partial charge in [0.2, 0.25) is 0 Å². The Balaban J connectivity index is 2.06. The van der Waals surface area contributed by atoms with E-state index < -0.39 is 0 Å². The van der Waals surface area contributed by atoms with E-state index in [1.54, 1.807) is 0 Å². The van der Waals surface area contributed by atoms with Gasteiger partial charge in [0.05, 0.1) is 0 Å². The molecule has 0 aromatic carbocycles. The molecule has 0 aliphatic carbocycles. The van der Waals surface area contributed by atoms with E-state index in [0.29, 0.717) is 18.0 Å². The Hall–Kier alpha value is -0.380. The highest BCUT2D eigenvalue weighted by Gasteiger charge is 2.24. The molecule has 3 heteroatoms. The third-order valence-electron chi connectivity index (χ3n) is 3.99. The summed E-state index contributed by atoms with van der Waals surface area (Å²) in [5.74, 6) is 0.711. The lowest BCUT2D eigenvalue weighted by molar-refractivity contribution is 0.195. The maximum absolute atomic E-state index is 3.68. The predicted molar refractivity (Wildman–Crippen MR) is 80.3 cm³/mol. The summed E-state index contributed by atoms with van der Waals surface area (Å²) in [6.07, 6.45) is 1.26. The van der Waals surface area contributed by atoms with E-state index in [1.165, 1.54) is 29.3 Å². The van der Waals surface area contributed by atoms with E-state index in [-0.39, 0.29) is 0 Å². The number of hydrogen-bond acceptors (Lipinski definition) is 3. The second-order valence-corrected chi connectivity index (χ2v) is 7.10. The number of aryl methyl sites for hydroxylation is 1. The average molecular weight is 266 g/mol. The quantitative estimate of drug-likeness (QED) is 0.901. The summed E-state index contributed by atoms with van der Waals surface area (Å²) in [7, 11) is 0. The van der Waals surface area contributed by atoms with Gasteiger partial charge in [-0.2, -0.15) is 0 Å². The van der Waals surface area contributed by atoms with E-state index in [2.05, 4.69) is 50.0 Å². The lowest BCUT2D eigenvalue weighted by Gasteiger charge is -2.31. The Morgan fingerprint density at radius 1 is 1.33 bits per heavy atom. The van der Waals surface area contributed by atoms with Crippen molar-refractivity contribution in [3.8, 4) is 0 Å². The minimum absolute atomic E-state index is 0.560. The Morgan fingerprint density at radius 3 is 2.72 bits per heavy atom. The molecule has 1 aliphatic rings. The van der Waals surface area contributed by atoms with Crippen LogP contribution in [-0.2, 0) is 0 Å². The van der Waals surface area contributed by atoms with Gasteiger partial charge in [-0.3, -0.25) is 4.90 Å². The van der Waals surface area contributed by atoms with Crippen LogP contribution in [0.4, 0.5) is 0 Å². The predicted octanol–water partition coefficient (Wildman–Crippen LogP) is 3.44. The second kappa shape index (κ2) is 6.18. The van der Waals surface area contributed by atoms with Gasteiger partial charge < -0.3 is 5.32 Å². The fraction of sp³-hybridized carbons (Fsp3) is 0.733. The standard InChI is InChI=1S/C15H26N2S/c1-11(2)14-10-17(9-5-8-16-14)13(4)15-7-6-12(3)18-15/h6-7,11,13-14,16H,5,8-10H2,1-4H3. The van der Waals surface area contributed by atoms with Crippen LogP contribution >= 0.6 is 11.3 Å². The number of thiophene rings is 1. The Bertz CT molecular complexity index is 372. The average Bonchev–Trinajstić information content (AvgIpc) is 2.63. The highest BCUT2D eigenvalue weighted by Crippen LogP contribution is 2.28. The highest BCUT2D eigenvalue weighted by molar-refractivity contribution is 7.12. The maximum Gasteiger partial charge on any atom is 0.0414 e. The summed E-state index contributed by atoms with van der Waals surface area (Å²) >= 11 is 1.94. The third-order valence-corrected chi connectivity index (χ3v) is 5.16. The smallest absolute Gasteiger partial charge is 0.0414 e. The van der Waals surface area contributed by atoms with Gasteiger partial charge in [0.15, 0.2) is 0 Å². The van der Waals surface area contributed by atoms with Crippen molar-refractivity contribution in [1.29, 1.82) is 0 Å². The summed E-state index contributed by atoms with van der Waals surface area (Å²) in [4.78, 5) is 5.58. The van der Waals surface area contributed by atoms with Gasteiger partial charge in [-0.15, -0.1) is 11.3 Å². The summed E-state index contributed by atoms with van der Waals surface area (Å²) in [5.41, 5.74) is 0. The maximum atomic E-state index is 3.68. The van der Waals surface area contributed by atoms with E-state index in [0.717, 1.165) is 6.54 Å². The van der Waals surface area contributed by atoms with Crippen LogP contribution in [0.15, 0.2) is 12.1 Å². The largest absolute Gasteiger partial charge is 0.312 e. The molecular formula is C15H26N2S. The molecule has 0 bridgehead atoms. The summed E-state index contributed by atoms with van der Waals surface area (Å²) in [6, 6.07) is 5.74. The highest BCUT2D eigenvalue weighted by atomic mass is 32.1. The van der Waals surface area contributed by atoms with E-state index >= 15 is 0 Å². The molecule has 1 aliphatic heterocycles. The zero-order valence-corrected chi connectivity index (χ0v) is 12.9. The molecule has 2 rings (SSSR count). The van der Waals surface area contributed by atoms with Crippen molar-refractivity contribution < 1.29 is 0 Å². The van der Waals surface area contributed by atoms with Crippen molar-refractivity contribution in [2.45, 2.75) is 46.2 Å². The monoisotopic (exact) mass is 266 g/mol. The number of hydrogen-bond donors (Lipinski definition) is 1. The zero-order chi connectivity index (χ0) is 13.1. The van der Waals surface area contributed by atoms with Crippen molar-refractivity contribution in [2.75, 3.05) is 19.6 Å². The van der Waals surface area contributed by atoms with Gasteiger partial charge in [0.25, 0.3) is 0 Å². The first-order valence-electron chi connectivity index (χ1n) is 7.11. The van der Waals surface area contributed by atoms with E-state index in [1.807, 2.05) is 11.3 Å². The number of nitrogens with one attached hydrogen (secondary N) is 1.